The van der Waals surface area contributed by atoms with Crippen LogP contribution in [0.1, 0.15) is 49.3 Å². The fourth-order valence-corrected chi connectivity index (χ4v) is 3.76. The second-order valence-electron chi connectivity index (χ2n) is 6.69. The smallest absolute Gasteiger partial charge is 0.0942 e. The zero-order valence-corrected chi connectivity index (χ0v) is 13.3. The Hall–Kier alpha value is -0.860. The lowest BCUT2D eigenvalue weighted by molar-refractivity contribution is -0.131. The highest BCUT2D eigenvalue weighted by Gasteiger charge is 2.41. The van der Waals surface area contributed by atoms with Crippen LogP contribution in [-0.2, 0) is 11.2 Å². The van der Waals surface area contributed by atoms with Crippen molar-refractivity contribution in [1.82, 2.24) is 0 Å². The molecular formula is C18H28O2. The van der Waals surface area contributed by atoms with Crippen LogP contribution in [0.3, 0.4) is 0 Å². The van der Waals surface area contributed by atoms with Crippen molar-refractivity contribution in [2.75, 3.05) is 7.11 Å². The topological polar surface area (TPSA) is 29.5 Å². The highest BCUT2D eigenvalue weighted by molar-refractivity contribution is 5.29. The average Bonchev–Trinajstić information content (AvgIpc) is 2.37. The van der Waals surface area contributed by atoms with Crippen LogP contribution in [-0.4, -0.2) is 23.9 Å². The van der Waals surface area contributed by atoms with Crippen LogP contribution in [0.4, 0.5) is 0 Å². The van der Waals surface area contributed by atoms with Gasteiger partial charge in [0.15, 0.2) is 0 Å². The fourth-order valence-electron chi connectivity index (χ4n) is 3.76. The summed E-state index contributed by atoms with van der Waals surface area (Å²) in [7, 11) is 1.75. The van der Waals surface area contributed by atoms with Gasteiger partial charge in [0, 0.05) is 13.5 Å². The summed E-state index contributed by atoms with van der Waals surface area (Å²) < 4.78 is 5.79. The van der Waals surface area contributed by atoms with Crippen molar-refractivity contribution in [2.24, 2.45) is 5.92 Å². The summed E-state index contributed by atoms with van der Waals surface area (Å²) in [5.74, 6) is 0.637. The van der Waals surface area contributed by atoms with Gasteiger partial charge >= 0.3 is 0 Å². The van der Waals surface area contributed by atoms with Gasteiger partial charge in [-0.15, -0.1) is 0 Å². The Bertz CT molecular complexity index is 434. The SMILES string of the molecule is COC1(C(O)Cc2cc(C)cc(C)c2)CCCC(C)C1. The molecule has 1 aromatic rings. The third kappa shape index (κ3) is 3.42. The van der Waals surface area contributed by atoms with E-state index < -0.39 is 6.10 Å². The van der Waals surface area contributed by atoms with E-state index >= 15 is 0 Å². The summed E-state index contributed by atoms with van der Waals surface area (Å²) in [6.45, 7) is 6.48. The summed E-state index contributed by atoms with van der Waals surface area (Å²) >= 11 is 0. The minimum absolute atomic E-state index is 0.352. The van der Waals surface area contributed by atoms with Gasteiger partial charge in [0.1, 0.15) is 0 Å². The van der Waals surface area contributed by atoms with Crippen LogP contribution in [0.2, 0.25) is 0 Å². The van der Waals surface area contributed by atoms with Crippen molar-refractivity contribution < 1.29 is 9.84 Å². The minimum Gasteiger partial charge on any atom is -0.390 e. The molecule has 0 bridgehead atoms. The zero-order valence-electron chi connectivity index (χ0n) is 13.3. The van der Waals surface area contributed by atoms with E-state index in [0.717, 1.165) is 19.3 Å². The number of ether oxygens (including phenoxy) is 1. The molecule has 0 saturated heterocycles. The first-order valence-electron chi connectivity index (χ1n) is 7.75. The highest BCUT2D eigenvalue weighted by atomic mass is 16.5. The van der Waals surface area contributed by atoms with Crippen molar-refractivity contribution in [3.63, 3.8) is 0 Å². The van der Waals surface area contributed by atoms with E-state index in [0.29, 0.717) is 12.3 Å². The van der Waals surface area contributed by atoms with Gasteiger partial charge in [0.25, 0.3) is 0 Å². The molecule has 2 rings (SSSR count). The molecule has 1 aliphatic carbocycles. The maximum Gasteiger partial charge on any atom is 0.0942 e. The Kier molecular flexibility index (Phi) is 4.87. The van der Waals surface area contributed by atoms with E-state index in [4.69, 9.17) is 4.74 Å². The van der Waals surface area contributed by atoms with E-state index in [1.54, 1.807) is 7.11 Å². The molecule has 2 nitrogen and oxygen atoms in total. The van der Waals surface area contributed by atoms with E-state index in [1.165, 1.54) is 23.1 Å². The lowest BCUT2D eigenvalue weighted by atomic mass is 9.74. The normalized spacial score (nSPS) is 28.4. The molecule has 0 spiro atoms. The average molecular weight is 276 g/mol. The molecule has 20 heavy (non-hydrogen) atoms. The number of aryl methyl sites for hydroxylation is 2. The molecule has 1 saturated carbocycles. The molecule has 1 aliphatic rings. The third-order valence-electron chi connectivity index (χ3n) is 4.72. The molecule has 3 atom stereocenters. The van der Waals surface area contributed by atoms with E-state index in [2.05, 4.69) is 39.0 Å². The van der Waals surface area contributed by atoms with Crippen LogP contribution in [0.15, 0.2) is 18.2 Å². The van der Waals surface area contributed by atoms with Gasteiger partial charge < -0.3 is 9.84 Å². The molecule has 1 N–H and O–H groups in total. The summed E-state index contributed by atoms with van der Waals surface area (Å²) in [5.41, 5.74) is 3.38. The molecule has 1 fully saturated rings. The van der Waals surface area contributed by atoms with Crippen molar-refractivity contribution in [3.8, 4) is 0 Å². The van der Waals surface area contributed by atoms with Gasteiger partial charge in [-0.05, 0) is 38.2 Å². The molecular weight excluding hydrogens is 248 g/mol. The molecule has 3 unspecified atom stereocenters. The number of aliphatic hydroxyl groups is 1. The van der Waals surface area contributed by atoms with Crippen molar-refractivity contribution >= 4 is 0 Å². The second kappa shape index (κ2) is 6.28. The van der Waals surface area contributed by atoms with Gasteiger partial charge in [0.2, 0.25) is 0 Å². The summed E-state index contributed by atoms with van der Waals surface area (Å²) in [4.78, 5) is 0. The predicted octanol–water partition coefficient (Wildman–Crippen LogP) is 3.80. The first-order valence-corrected chi connectivity index (χ1v) is 7.75. The van der Waals surface area contributed by atoms with Gasteiger partial charge in [-0.3, -0.25) is 0 Å². The Labute approximate surface area is 123 Å². The van der Waals surface area contributed by atoms with Crippen LogP contribution < -0.4 is 0 Å². The predicted molar refractivity (Wildman–Crippen MR) is 83.0 cm³/mol. The van der Waals surface area contributed by atoms with Gasteiger partial charge in [-0.25, -0.2) is 0 Å². The first-order chi connectivity index (χ1) is 9.45. The molecule has 0 aromatic heterocycles. The fraction of sp³-hybridized carbons (Fsp3) is 0.667. The van der Waals surface area contributed by atoms with Gasteiger partial charge in [0.05, 0.1) is 11.7 Å². The minimum atomic E-state index is -0.420. The lowest BCUT2D eigenvalue weighted by Gasteiger charge is -2.42. The van der Waals surface area contributed by atoms with Crippen LogP contribution in [0, 0.1) is 19.8 Å². The second-order valence-corrected chi connectivity index (χ2v) is 6.69. The molecule has 0 heterocycles. The highest BCUT2D eigenvalue weighted by Crippen LogP contribution is 2.38. The lowest BCUT2D eigenvalue weighted by Crippen LogP contribution is -2.48. The molecule has 0 aliphatic heterocycles. The van der Waals surface area contributed by atoms with Crippen molar-refractivity contribution in [2.45, 2.75) is 64.6 Å². The number of aliphatic hydroxyl groups excluding tert-OH is 1. The Morgan fingerprint density at radius 1 is 1.30 bits per heavy atom. The number of methoxy groups -OCH3 is 1. The van der Waals surface area contributed by atoms with Gasteiger partial charge in [-0.2, -0.15) is 0 Å². The molecule has 1 aromatic carbocycles. The summed E-state index contributed by atoms with van der Waals surface area (Å²) in [5, 5.41) is 10.8. The van der Waals surface area contributed by atoms with E-state index in [1.807, 2.05) is 0 Å². The number of benzene rings is 1. The largest absolute Gasteiger partial charge is 0.390 e. The van der Waals surface area contributed by atoms with Crippen LogP contribution >= 0.6 is 0 Å². The van der Waals surface area contributed by atoms with E-state index in [-0.39, 0.29) is 5.60 Å². The maximum atomic E-state index is 10.8. The van der Waals surface area contributed by atoms with Crippen LogP contribution in [0.5, 0.6) is 0 Å². The quantitative estimate of drug-likeness (QED) is 0.906. The first kappa shape index (κ1) is 15.5. The van der Waals surface area contributed by atoms with Gasteiger partial charge in [-0.1, -0.05) is 49.1 Å². The number of hydrogen-bond donors (Lipinski definition) is 1. The Morgan fingerprint density at radius 3 is 2.50 bits per heavy atom. The zero-order chi connectivity index (χ0) is 14.8. The maximum absolute atomic E-state index is 10.8. The van der Waals surface area contributed by atoms with E-state index in [9.17, 15) is 5.11 Å². The standard InChI is InChI=1S/C18H28O2/c1-13-6-5-7-18(12-13,20-4)17(19)11-16-9-14(2)8-15(3)10-16/h8-10,13,17,19H,5-7,11-12H2,1-4H3. The Morgan fingerprint density at radius 2 is 1.95 bits per heavy atom. The monoisotopic (exact) mass is 276 g/mol. The molecule has 0 radical (unpaired) electrons. The van der Waals surface area contributed by atoms with Crippen molar-refractivity contribution in [1.29, 1.82) is 0 Å². The summed E-state index contributed by atoms with van der Waals surface area (Å²) in [6, 6.07) is 6.52. The molecule has 0 amide bonds. The third-order valence-corrected chi connectivity index (χ3v) is 4.72. The molecule has 112 valence electrons. The number of hydrogen-bond acceptors (Lipinski definition) is 2. The van der Waals surface area contributed by atoms with Crippen LogP contribution in [0.25, 0.3) is 0 Å². The van der Waals surface area contributed by atoms with Crippen molar-refractivity contribution in [3.05, 3.63) is 34.9 Å². The number of rotatable bonds is 4. The molecule has 2 heteroatoms. The Balaban J connectivity index is 2.14. The summed E-state index contributed by atoms with van der Waals surface area (Å²) in [6.07, 6.45) is 4.61.